The van der Waals surface area contributed by atoms with Gasteiger partial charge in [-0.1, -0.05) is 46.4 Å². The van der Waals surface area contributed by atoms with E-state index >= 15 is 0 Å². The Bertz CT molecular complexity index is 671. The molecule has 4 atom stereocenters. The molecule has 0 bridgehead atoms. The Morgan fingerprint density at radius 2 is 2.00 bits per heavy atom. The number of fused-ring (bicyclic) bond motifs is 2. The lowest BCUT2D eigenvalue weighted by Crippen LogP contribution is -2.59. The van der Waals surface area contributed by atoms with Crippen LogP contribution in [-0.4, -0.2) is 22.8 Å². The molecule has 0 aromatic heterocycles. The first-order chi connectivity index (χ1) is 11.5. The number of aliphatic hydroxyl groups is 1. The van der Waals surface area contributed by atoms with Crippen LogP contribution in [0.25, 0.3) is 0 Å². The van der Waals surface area contributed by atoms with Crippen molar-refractivity contribution in [2.24, 2.45) is 16.7 Å². The maximum Gasteiger partial charge on any atom is 0.302 e. The fraction of sp³-hybridized carbons (Fsp3) is 0.682. The highest BCUT2D eigenvalue weighted by atomic mass is 16.5. The van der Waals surface area contributed by atoms with E-state index in [0.29, 0.717) is 25.2 Å². The van der Waals surface area contributed by atoms with Gasteiger partial charge in [0.2, 0.25) is 0 Å². The lowest BCUT2D eigenvalue weighted by Gasteiger charge is -2.54. The SMILES string of the molecule is C=C1CC[C@H](OC(C)=O)[C@]2(C)CC=C3C(C(C)C)=CC[C@@]3(C)C[C@@]12O. The molecule has 0 heterocycles. The van der Waals surface area contributed by atoms with Gasteiger partial charge in [-0.05, 0) is 60.2 Å². The number of hydrogen-bond acceptors (Lipinski definition) is 3. The molecule has 0 amide bonds. The van der Waals surface area contributed by atoms with Crippen molar-refractivity contribution in [3.8, 4) is 0 Å². The molecule has 1 fully saturated rings. The third-order valence-corrected chi connectivity index (χ3v) is 6.99. The van der Waals surface area contributed by atoms with Crippen LogP contribution in [0.2, 0.25) is 0 Å². The van der Waals surface area contributed by atoms with Crippen LogP contribution in [0.15, 0.2) is 35.5 Å². The van der Waals surface area contributed by atoms with Crippen LogP contribution < -0.4 is 0 Å². The molecular formula is C22H32O3. The van der Waals surface area contributed by atoms with Gasteiger partial charge in [-0.3, -0.25) is 4.79 Å². The summed E-state index contributed by atoms with van der Waals surface area (Å²) in [5.41, 5.74) is 2.05. The fourth-order valence-electron chi connectivity index (χ4n) is 5.38. The topological polar surface area (TPSA) is 46.5 Å². The Hall–Kier alpha value is -1.35. The summed E-state index contributed by atoms with van der Waals surface area (Å²) in [6, 6.07) is 0. The van der Waals surface area contributed by atoms with Gasteiger partial charge < -0.3 is 9.84 Å². The van der Waals surface area contributed by atoms with E-state index in [9.17, 15) is 9.90 Å². The van der Waals surface area contributed by atoms with Crippen LogP contribution in [0.1, 0.15) is 66.7 Å². The predicted octanol–water partition coefficient (Wildman–Crippen LogP) is 4.72. The fourth-order valence-corrected chi connectivity index (χ4v) is 5.38. The van der Waals surface area contributed by atoms with Gasteiger partial charge in [-0.25, -0.2) is 0 Å². The molecule has 3 aliphatic rings. The van der Waals surface area contributed by atoms with Gasteiger partial charge in [0.15, 0.2) is 0 Å². The van der Waals surface area contributed by atoms with Gasteiger partial charge in [0, 0.05) is 12.3 Å². The van der Waals surface area contributed by atoms with Crippen molar-refractivity contribution >= 4 is 5.97 Å². The monoisotopic (exact) mass is 344 g/mol. The van der Waals surface area contributed by atoms with Gasteiger partial charge >= 0.3 is 5.97 Å². The molecule has 0 aromatic rings. The van der Waals surface area contributed by atoms with Crippen LogP contribution in [0.4, 0.5) is 0 Å². The van der Waals surface area contributed by atoms with Crippen molar-refractivity contribution in [2.75, 3.05) is 0 Å². The van der Waals surface area contributed by atoms with E-state index in [-0.39, 0.29) is 17.5 Å². The van der Waals surface area contributed by atoms with E-state index in [4.69, 9.17) is 4.74 Å². The zero-order chi connectivity index (χ0) is 18.6. The highest BCUT2D eigenvalue weighted by molar-refractivity contribution is 5.66. The second-order valence-electron chi connectivity index (χ2n) is 9.10. The molecule has 1 N–H and O–H groups in total. The van der Waals surface area contributed by atoms with Crippen molar-refractivity contribution in [1.29, 1.82) is 0 Å². The van der Waals surface area contributed by atoms with E-state index in [2.05, 4.69) is 46.4 Å². The Morgan fingerprint density at radius 3 is 2.60 bits per heavy atom. The quantitative estimate of drug-likeness (QED) is 0.582. The van der Waals surface area contributed by atoms with Gasteiger partial charge in [0.1, 0.15) is 6.10 Å². The van der Waals surface area contributed by atoms with Crippen LogP contribution in [0.3, 0.4) is 0 Å². The van der Waals surface area contributed by atoms with Crippen LogP contribution >= 0.6 is 0 Å². The lowest BCUT2D eigenvalue weighted by atomic mass is 9.56. The molecule has 3 heteroatoms. The predicted molar refractivity (Wildman–Crippen MR) is 99.9 cm³/mol. The molecule has 0 spiro atoms. The third-order valence-electron chi connectivity index (χ3n) is 6.99. The van der Waals surface area contributed by atoms with Crippen LogP contribution in [-0.2, 0) is 9.53 Å². The Balaban J connectivity index is 2.08. The molecule has 0 aliphatic heterocycles. The summed E-state index contributed by atoms with van der Waals surface area (Å²) in [4.78, 5) is 11.7. The highest BCUT2D eigenvalue weighted by Gasteiger charge is 2.60. The van der Waals surface area contributed by atoms with Gasteiger partial charge in [0.25, 0.3) is 0 Å². The van der Waals surface area contributed by atoms with Crippen molar-refractivity contribution in [2.45, 2.75) is 78.4 Å². The molecule has 1 saturated carbocycles. The van der Waals surface area contributed by atoms with Gasteiger partial charge in [-0.15, -0.1) is 0 Å². The standard InChI is InChI=1S/C22H32O3/c1-14(2)17-9-11-20(5)13-22(24)15(3)7-8-19(25-16(4)23)21(22,6)12-10-18(17)20/h9-10,14,19,24H,3,7-8,11-13H2,1-2,4-6H3/t19-,20-,21-,22+/m0/s1. The summed E-state index contributed by atoms with van der Waals surface area (Å²) in [5.74, 6) is 0.204. The summed E-state index contributed by atoms with van der Waals surface area (Å²) < 4.78 is 5.68. The molecular weight excluding hydrogens is 312 g/mol. The maximum atomic E-state index is 11.9. The highest BCUT2D eigenvalue weighted by Crippen LogP contribution is 2.61. The minimum Gasteiger partial charge on any atom is -0.462 e. The largest absolute Gasteiger partial charge is 0.462 e. The van der Waals surface area contributed by atoms with E-state index in [1.165, 1.54) is 18.1 Å². The minimum absolute atomic E-state index is 0.0762. The van der Waals surface area contributed by atoms with E-state index in [0.717, 1.165) is 18.4 Å². The van der Waals surface area contributed by atoms with E-state index in [1.807, 2.05) is 0 Å². The molecule has 3 nitrogen and oxygen atoms in total. The first kappa shape index (κ1) is 18.4. The molecule has 0 aromatic carbocycles. The van der Waals surface area contributed by atoms with Crippen molar-refractivity contribution < 1.29 is 14.6 Å². The average Bonchev–Trinajstić information content (AvgIpc) is 2.78. The molecule has 0 unspecified atom stereocenters. The summed E-state index contributed by atoms with van der Waals surface area (Å²) in [6.45, 7) is 14.5. The van der Waals surface area contributed by atoms with E-state index < -0.39 is 11.0 Å². The molecule has 25 heavy (non-hydrogen) atoms. The lowest BCUT2D eigenvalue weighted by molar-refractivity contribution is -0.179. The van der Waals surface area contributed by atoms with Crippen LogP contribution in [0.5, 0.6) is 0 Å². The zero-order valence-corrected chi connectivity index (χ0v) is 16.3. The minimum atomic E-state index is -1.02. The summed E-state index contributed by atoms with van der Waals surface area (Å²) in [7, 11) is 0. The molecule has 0 radical (unpaired) electrons. The molecule has 3 aliphatic carbocycles. The molecule has 0 saturated heterocycles. The number of esters is 1. The summed E-state index contributed by atoms with van der Waals surface area (Å²) in [6.07, 6.45) is 8.14. The number of ether oxygens (including phenoxy) is 1. The Kier molecular flexibility index (Phi) is 4.31. The molecule has 3 rings (SSSR count). The number of carbonyl (C=O) groups excluding carboxylic acids is 1. The normalized spacial score (nSPS) is 40.8. The third kappa shape index (κ3) is 2.63. The first-order valence-electron chi connectivity index (χ1n) is 9.52. The Labute approximate surface area is 151 Å². The average molecular weight is 344 g/mol. The van der Waals surface area contributed by atoms with Gasteiger partial charge in [0.05, 0.1) is 5.60 Å². The zero-order valence-electron chi connectivity index (χ0n) is 16.3. The summed E-state index contributed by atoms with van der Waals surface area (Å²) >= 11 is 0. The maximum absolute atomic E-state index is 11.9. The number of allylic oxidation sites excluding steroid dienone is 4. The Morgan fingerprint density at radius 1 is 1.32 bits per heavy atom. The van der Waals surface area contributed by atoms with Crippen molar-refractivity contribution in [3.05, 3.63) is 35.5 Å². The summed E-state index contributed by atoms with van der Waals surface area (Å²) in [5, 5.41) is 11.9. The number of carbonyl (C=O) groups is 1. The van der Waals surface area contributed by atoms with Crippen LogP contribution in [0, 0.1) is 16.7 Å². The molecule has 138 valence electrons. The smallest absolute Gasteiger partial charge is 0.302 e. The van der Waals surface area contributed by atoms with Crippen molar-refractivity contribution in [3.63, 3.8) is 0 Å². The first-order valence-corrected chi connectivity index (χ1v) is 9.52. The van der Waals surface area contributed by atoms with E-state index in [1.54, 1.807) is 0 Å². The van der Waals surface area contributed by atoms with Gasteiger partial charge in [-0.2, -0.15) is 0 Å². The van der Waals surface area contributed by atoms with Crippen molar-refractivity contribution in [1.82, 2.24) is 0 Å². The number of hydrogen-bond donors (Lipinski definition) is 1. The second kappa shape index (κ2) is 5.84. The second-order valence-corrected chi connectivity index (χ2v) is 9.10. The number of rotatable bonds is 2.